The zero-order chi connectivity index (χ0) is 25.9. The largest absolute Gasteiger partial charge is 0.496 e. The van der Waals surface area contributed by atoms with E-state index in [1.165, 1.54) is 11.1 Å². The van der Waals surface area contributed by atoms with Crippen LogP contribution in [0.2, 0.25) is 0 Å². The number of aliphatic carboxylic acids is 1. The molecular weight excluding hydrogens is 452 g/mol. The molecule has 0 amide bonds. The molecule has 0 bridgehead atoms. The van der Waals surface area contributed by atoms with Crippen LogP contribution in [0.25, 0.3) is 0 Å². The summed E-state index contributed by atoms with van der Waals surface area (Å²) in [4.78, 5) is 10.8. The number of hydrogen-bond acceptors (Lipinski definition) is 4. The molecule has 192 valence electrons. The van der Waals surface area contributed by atoms with E-state index in [9.17, 15) is 9.90 Å². The summed E-state index contributed by atoms with van der Waals surface area (Å²) in [6.07, 6.45) is 4.44. The lowest BCUT2D eigenvalue weighted by atomic mass is 9.85. The van der Waals surface area contributed by atoms with Gasteiger partial charge in [-0.15, -0.1) is 0 Å². The molecule has 2 unspecified atom stereocenters. The fourth-order valence-electron chi connectivity index (χ4n) is 4.72. The molecule has 3 rings (SSSR count). The second kappa shape index (κ2) is 13.7. The van der Waals surface area contributed by atoms with Gasteiger partial charge in [-0.25, -0.2) is 0 Å². The monoisotopic (exact) mass is 490 g/mol. The SMILES string of the molecule is COc1cc(C(O)CC(CCCc2ccccc2)c2ccc(CCCC(=O)O)cc2)cc(OC)c1C. The first kappa shape index (κ1) is 27.3. The third-order valence-corrected chi connectivity index (χ3v) is 6.84. The number of benzene rings is 3. The van der Waals surface area contributed by atoms with Gasteiger partial charge in [0.1, 0.15) is 11.5 Å². The molecule has 0 saturated heterocycles. The number of methoxy groups -OCH3 is 2. The van der Waals surface area contributed by atoms with Crippen LogP contribution in [0.5, 0.6) is 11.5 Å². The Morgan fingerprint density at radius 3 is 2.00 bits per heavy atom. The Kier molecular flexibility index (Phi) is 10.4. The minimum Gasteiger partial charge on any atom is -0.496 e. The molecule has 36 heavy (non-hydrogen) atoms. The van der Waals surface area contributed by atoms with Gasteiger partial charge in [-0.2, -0.15) is 0 Å². The van der Waals surface area contributed by atoms with Crippen molar-refractivity contribution in [2.45, 2.75) is 63.9 Å². The maximum atomic E-state index is 11.3. The van der Waals surface area contributed by atoms with Crippen molar-refractivity contribution >= 4 is 5.97 Å². The van der Waals surface area contributed by atoms with Gasteiger partial charge in [0, 0.05) is 12.0 Å². The van der Waals surface area contributed by atoms with Gasteiger partial charge in [0.05, 0.1) is 20.3 Å². The Bertz CT molecular complexity index is 1070. The number of carboxylic acid groups (broad SMARTS) is 1. The Morgan fingerprint density at radius 1 is 0.833 bits per heavy atom. The molecule has 5 heteroatoms. The van der Waals surface area contributed by atoms with E-state index in [2.05, 4.69) is 48.5 Å². The first-order valence-corrected chi connectivity index (χ1v) is 12.7. The van der Waals surface area contributed by atoms with Gasteiger partial charge in [0.25, 0.3) is 0 Å². The van der Waals surface area contributed by atoms with E-state index >= 15 is 0 Å². The molecule has 0 spiro atoms. The summed E-state index contributed by atoms with van der Waals surface area (Å²) in [6, 6.07) is 22.7. The fraction of sp³-hybridized carbons (Fsp3) is 0.387. The van der Waals surface area contributed by atoms with E-state index in [4.69, 9.17) is 14.6 Å². The highest BCUT2D eigenvalue weighted by Gasteiger charge is 2.20. The Labute approximate surface area is 214 Å². The average molecular weight is 491 g/mol. The topological polar surface area (TPSA) is 76.0 Å². The number of aliphatic hydroxyl groups is 1. The molecular formula is C31H38O5. The second-order valence-electron chi connectivity index (χ2n) is 9.37. The molecule has 0 radical (unpaired) electrons. The summed E-state index contributed by atoms with van der Waals surface area (Å²) >= 11 is 0. The number of ether oxygens (including phenoxy) is 2. The molecule has 0 aliphatic carbocycles. The van der Waals surface area contributed by atoms with Crippen LogP contribution in [0.3, 0.4) is 0 Å². The fourth-order valence-corrected chi connectivity index (χ4v) is 4.72. The van der Waals surface area contributed by atoms with Crippen molar-refractivity contribution in [3.05, 3.63) is 94.5 Å². The molecule has 0 aromatic heterocycles. The number of carbonyl (C=O) groups is 1. The maximum Gasteiger partial charge on any atom is 0.303 e. The van der Waals surface area contributed by atoms with Gasteiger partial charge in [0.2, 0.25) is 0 Å². The number of hydrogen-bond donors (Lipinski definition) is 2. The number of aryl methyl sites for hydroxylation is 2. The lowest BCUT2D eigenvalue weighted by Gasteiger charge is -2.23. The molecule has 0 heterocycles. The molecule has 3 aromatic rings. The van der Waals surface area contributed by atoms with E-state index in [1.807, 2.05) is 25.1 Å². The van der Waals surface area contributed by atoms with Crippen LogP contribution in [0.4, 0.5) is 0 Å². The molecule has 3 aromatic carbocycles. The lowest BCUT2D eigenvalue weighted by molar-refractivity contribution is -0.137. The first-order chi connectivity index (χ1) is 17.4. The maximum absolute atomic E-state index is 11.3. The van der Waals surface area contributed by atoms with Crippen molar-refractivity contribution in [3.63, 3.8) is 0 Å². The summed E-state index contributed by atoms with van der Waals surface area (Å²) in [6.45, 7) is 1.94. The number of carboxylic acids is 1. The van der Waals surface area contributed by atoms with Gasteiger partial charge in [-0.1, -0.05) is 54.6 Å². The normalized spacial score (nSPS) is 12.7. The first-order valence-electron chi connectivity index (χ1n) is 12.7. The van der Waals surface area contributed by atoms with Crippen molar-refractivity contribution in [3.8, 4) is 11.5 Å². The molecule has 5 nitrogen and oxygen atoms in total. The Balaban J connectivity index is 1.76. The lowest BCUT2D eigenvalue weighted by Crippen LogP contribution is -2.08. The third-order valence-electron chi connectivity index (χ3n) is 6.84. The second-order valence-corrected chi connectivity index (χ2v) is 9.37. The van der Waals surface area contributed by atoms with Crippen molar-refractivity contribution in [1.82, 2.24) is 0 Å². The zero-order valence-corrected chi connectivity index (χ0v) is 21.6. The predicted molar refractivity (Wildman–Crippen MR) is 143 cm³/mol. The van der Waals surface area contributed by atoms with Gasteiger partial charge >= 0.3 is 5.97 Å². The highest BCUT2D eigenvalue weighted by molar-refractivity contribution is 5.66. The highest BCUT2D eigenvalue weighted by atomic mass is 16.5. The summed E-state index contributed by atoms with van der Waals surface area (Å²) < 4.78 is 11.0. The van der Waals surface area contributed by atoms with Gasteiger partial charge in [-0.3, -0.25) is 4.79 Å². The Hall–Kier alpha value is -3.31. The van der Waals surface area contributed by atoms with Gasteiger partial charge in [-0.05, 0) is 85.8 Å². The predicted octanol–water partition coefficient (Wildman–Crippen LogP) is 6.65. The molecule has 0 fully saturated rings. The molecule has 2 N–H and O–H groups in total. The average Bonchev–Trinajstić information content (AvgIpc) is 2.89. The van der Waals surface area contributed by atoms with E-state index in [1.54, 1.807) is 14.2 Å². The molecule has 0 aliphatic rings. The van der Waals surface area contributed by atoms with E-state index in [0.717, 1.165) is 42.4 Å². The van der Waals surface area contributed by atoms with Crippen LogP contribution in [0, 0.1) is 6.92 Å². The van der Waals surface area contributed by atoms with Crippen LogP contribution < -0.4 is 9.47 Å². The summed E-state index contributed by atoms with van der Waals surface area (Å²) in [7, 11) is 3.25. The quantitative estimate of drug-likeness (QED) is 0.265. The number of aliphatic hydroxyl groups excluding tert-OH is 1. The molecule has 0 saturated carbocycles. The van der Waals surface area contributed by atoms with Crippen molar-refractivity contribution in [2.24, 2.45) is 0 Å². The number of rotatable bonds is 14. The van der Waals surface area contributed by atoms with Crippen LogP contribution in [-0.4, -0.2) is 30.4 Å². The van der Waals surface area contributed by atoms with Crippen LogP contribution in [0.1, 0.15) is 71.9 Å². The zero-order valence-electron chi connectivity index (χ0n) is 21.6. The van der Waals surface area contributed by atoms with Gasteiger partial charge in [0.15, 0.2) is 0 Å². The van der Waals surface area contributed by atoms with Crippen LogP contribution >= 0.6 is 0 Å². The van der Waals surface area contributed by atoms with Crippen molar-refractivity contribution in [1.29, 1.82) is 0 Å². The minimum absolute atomic E-state index is 0.176. The molecule has 0 aliphatic heterocycles. The van der Waals surface area contributed by atoms with E-state index < -0.39 is 12.1 Å². The summed E-state index contributed by atoms with van der Waals surface area (Å²) in [5.41, 5.74) is 5.34. The minimum atomic E-state index is -0.761. The molecule has 2 atom stereocenters. The van der Waals surface area contributed by atoms with Crippen LogP contribution in [0.15, 0.2) is 66.7 Å². The van der Waals surface area contributed by atoms with Gasteiger partial charge < -0.3 is 19.7 Å². The van der Waals surface area contributed by atoms with Crippen molar-refractivity contribution < 1.29 is 24.5 Å². The standard InChI is InChI=1S/C31H38O5/c1-22-29(35-2)20-27(21-30(22)36-3)28(32)19-26(13-7-11-23-9-5-4-6-10-23)25-17-15-24(16-18-25)12-8-14-31(33)34/h4-6,9-10,15-18,20-21,26,28,32H,7-8,11-14,19H2,1-3H3,(H,33,34). The summed E-state index contributed by atoms with van der Waals surface area (Å²) in [5, 5.41) is 20.1. The summed E-state index contributed by atoms with van der Waals surface area (Å²) in [5.74, 6) is 0.822. The van der Waals surface area contributed by atoms with E-state index in [0.29, 0.717) is 24.3 Å². The van der Waals surface area contributed by atoms with Crippen LogP contribution in [-0.2, 0) is 17.6 Å². The van der Waals surface area contributed by atoms with Crippen molar-refractivity contribution in [2.75, 3.05) is 14.2 Å². The highest BCUT2D eigenvalue weighted by Crippen LogP contribution is 2.37. The third kappa shape index (κ3) is 7.85. The smallest absolute Gasteiger partial charge is 0.303 e. The van der Waals surface area contributed by atoms with E-state index in [-0.39, 0.29) is 12.3 Å². The Morgan fingerprint density at radius 2 is 1.42 bits per heavy atom.